The van der Waals surface area contributed by atoms with Gasteiger partial charge in [0.15, 0.2) is 0 Å². The summed E-state index contributed by atoms with van der Waals surface area (Å²) >= 11 is 0. The van der Waals surface area contributed by atoms with Crippen LogP contribution in [-0.4, -0.2) is 70.0 Å². The number of rotatable bonds is 10. The molecule has 0 spiro atoms. The van der Waals surface area contributed by atoms with Gasteiger partial charge in [0, 0.05) is 36.6 Å². The molecule has 37 heavy (non-hydrogen) atoms. The number of fused-ring (bicyclic) bond motifs is 1. The average molecular weight is 514 g/mol. The molecule has 0 aliphatic carbocycles. The molecular formula is C27H39N5O5. The predicted molar refractivity (Wildman–Crippen MR) is 141 cm³/mol. The lowest BCUT2D eigenvalue weighted by atomic mass is 10.0. The van der Waals surface area contributed by atoms with Gasteiger partial charge in [-0.1, -0.05) is 44.9 Å². The van der Waals surface area contributed by atoms with Gasteiger partial charge in [0.25, 0.3) is 0 Å². The van der Waals surface area contributed by atoms with E-state index in [-0.39, 0.29) is 18.4 Å². The first-order valence-electron chi connectivity index (χ1n) is 13.1. The summed E-state index contributed by atoms with van der Waals surface area (Å²) in [7, 11) is 0. The first-order chi connectivity index (χ1) is 17.7. The van der Waals surface area contributed by atoms with Gasteiger partial charge in [-0.2, -0.15) is 0 Å². The number of hydrogen-bond acceptors (Lipinski definition) is 4. The average Bonchev–Trinajstić information content (AvgIpc) is 3.06. The number of carbonyl (C=O) groups excluding carboxylic acids is 3. The second-order valence-electron chi connectivity index (χ2n) is 10.2. The highest BCUT2D eigenvalue weighted by Gasteiger charge is 2.30. The zero-order valence-corrected chi connectivity index (χ0v) is 21.9. The van der Waals surface area contributed by atoms with Crippen LogP contribution in [0.4, 0.5) is 4.79 Å². The number of nitrogens with zero attached hydrogens (tertiary/aromatic N) is 1. The highest BCUT2D eigenvalue weighted by atomic mass is 16.4. The van der Waals surface area contributed by atoms with Gasteiger partial charge in [0.1, 0.15) is 18.1 Å². The highest BCUT2D eigenvalue weighted by Crippen LogP contribution is 2.19. The van der Waals surface area contributed by atoms with Gasteiger partial charge in [-0.3, -0.25) is 14.4 Å². The molecule has 10 heteroatoms. The van der Waals surface area contributed by atoms with Crippen molar-refractivity contribution < 1.29 is 24.3 Å². The summed E-state index contributed by atoms with van der Waals surface area (Å²) in [4.78, 5) is 55.8. The first-order valence-corrected chi connectivity index (χ1v) is 13.1. The SMILES string of the molecule is CC(C)C[C@H](NC(=O)N1CCCCCC1)C(=O)N[C@@H](Cc1c[nH]c2ccccc12)C(=O)N[C@@H](C)C(=O)O. The van der Waals surface area contributed by atoms with E-state index in [0.717, 1.165) is 42.1 Å². The monoisotopic (exact) mass is 513 g/mol. The molecule has 2 heterocycles. The lowest BCUT2D eigenvalue weighted by Crippen LogP contribution is -2.57. The maximum atomic E-state index is 13.4. The number of likely N-dealkylation sites (tertiary alicyclic amines) is 1. The van der Waals surface area contributed by atoms with E-state index in [9.17, 15) is 24.3 Å². The molecule has 3 rings (SSSR count). The maximum Gasteiger partial charge on any atom is 0.325 e. The summed E-state index contributed by atoms with van der Waals surface area (Å²) in [6.07, 6.45) is 6.37. The molecule has 4 amide bonds. The van der Waals surface area contributed by atoms with Crippen LogP contribution in [0.1, 0.15) is 58.4 Å². The third kappa shape index (κ3) is 7.96. The fourth-order valence-corrected chi connectivity index (χ4v) is 4.59. The molecule has 1 aromatic heterocycles. The molecule has 10 nitrogen and oxygen atoms in total. The number of urea groups is 1. The van der Waals surface area contributed by atoms with Crippen LogP contribution in [0.3, 0.4) is 0 Å². The summed E-state index contributed by atoms with van der Waals surface area (Å²) in [6, 6.07) is 4.36. The van der Waals surface area contributed by atoms with Crippen LogP contribution in [0.5, 0.6) is 0 Å². The predicted octanol–water partition coefficient (Wildman–Crippen LogP) is 2.78. The second kappa shape index (κ2) is 13.1. The number of H-pyrrole nitrogens is 1. The van der Waals surface area contributed by atoms with Gasteiger partial charge in [0.05, 0.1) is 0 Å². The zero-order chi connectivity index (χ0) is 26.9. The number of amides is 4. The van der Waals surface area contributed by atoms with Gasteiger partial charge in [-0.05, 0) is 43.7 Å². The highest BCUT2D eigenvalue weighted by molar-refractivity contribution is 5.94. The normalized spacial score (nSPS) is 16.5. The minimum atomic E-state index is -1.17. The second-order valence-corrected chi connectivity index (χ2v) is 10.2. The lowest BCUT2D eigenvalue weighted by molar-refractivity contribution is -0.141. The Morgan fingerprint density at radius 2 is 1.57 bits per heavy atom. The van der Waals surface area contributed by atoms with E-state index in [1.807, 2.05) is 38.1 Å². The first kappa shape index (κ1) is 28.0. The Hall–Kier alpha value is -3.56. The summed E-state index contributed by atoms with van der Waals surface area (Å²) in [5.41, 5.74) is 1.71. The number of para-hydroxylation sites is 1. The fraction of sp³-hybridized carbons (Fsp3) is 0.556. The number of nitrogens with one attached hydrogen (secondary N) is 4. The Kier molecular flexibility index (Phi) is 9.93. The third-order valence-corrected chi connectivity index (χ3v) is 6.68. The molecule has 1 fully saturated rings. The van der Waals surface area contributed by atoms with E-state index < -0.39 is 35.9 Å². The Morgan fingerprint density at radius 1 is 0.919 bits per heavy atom. The number of aromatic nitrogens is 1. The van der Waals surface area contributed by atoms with Crippen molar-refractivity contribution >= 4 is 34.7 Å². The number of benzene rings is 1. The number of aromatic amines is 1. The van der Waals surface area contributed by atoms with Crippen molar-refractivity contribution in [1.82, 2.24) is 25.8 Å². The molecule has 1 aliphatic rings. The molecule has 2 aromatic rings. The van der Waals surface area contributed by atoms with Gasteiger partial charge in [-0.25, -0.2) is 4.79 Å². The van der Waals surface area contributed by atoms with Crippen LogP contribution in [-0.2, 0) is 20.8 Å². The van der Waals surface area contributed by atoms with Crippen LogP contribution >= 0.6 is 0 Å². The van der Waals surface area contributed by atoms with E-state index in [2.05, 4.69) is 20.9 Å². The smallest absolute Gasteiger partial charge is 0.325 e. The van der Waals surface area contributed by atoms with Gasteiger partial charge >= 0.3 is 12.0 Å². The molecule has 202 valence electrons. The molecule has 3 atom stereocenters. The summed E-state index contributed by atoms with van der Waals surface area (Å²) < 4.78 is 0. The summed E-state index contributed by atoms with van der Waals surface area (Å²) in [6.45, 7) is 6.60. The maximum absolute atomic E-state index is 13.4. The minimum absolute atomic E-state index is 0.119. The van der Waals surface area contributed by atoms with Gasteiger partial charge < -0.3 is 30.9 Å². The van der Waals surface area contributed by atoms with Crippen molar-refractivity contribution in [2.24, 2.45) is 5.92 Å². The number of hydrogen-bond donors (Lipinski definition) is 5. The molecular weight excluding hydrogens is 474 g/mol. The van der Waals surface area contributed by atoms with Crippen molar-refractivity contribution in [1.29, 1.82) is 0 Å². The molecule has 1 aromatic carbocycles. The van der Waals surface area contributed by atoms with Crippen molar-refractivity contribution in [3.8, 4) is 0 Å². The van der Waals surface area contributed by atoms with Crippen molar-refractivity contribution in [3.05, 3.63) is 36.0 Å². The topological polar surface area (TPSA) is 144 Å². The molecule has 1 saturated heterocycles. The fourth-order valence-electron chi connectivity index (χ4n) is 4.59. The quantitative estimate of drug-likeness (QED) is 0.332. The van der Waals surface area contributed by atoms with Crippen LogP contribution in [0.2, 0.25) is 0 Å². The van der Waals surface area contributed by atoms with Crippen LogP contribution in [0.25, 0.3) is 10.9 Å². The Morgan fingerprint density at radius 3 is 2.22 bits per heavy atom. The minimum Gasteiger partial charge on any atom is -0.480 e. The number of carboxylic acids is 1. The Balaban J connectivity index is 1.79. The number of carbonyl (C=O) groups is 4. The largest absolute Gasteiger partial charge is 0.480 e. The molecule has 1 aliphatic heterocycles. The van der Waals surface area contributed by atoms with Crippen LogP contribution in [0.15, 0.2) is 30.5 Å². The van der Waals surface area contributed by atoms with Crippen molar-refractivity contribution in [3.63, 3.8) is 0 Å². The van der Waals surface area contributed by atoms with E-state index in [0.29, 0.717) is 19.5 Å². The molecule has 0 radical (unpaired) electrons. The number of aliphatic carboxylic acids is 1. The van der Waals surface area contributed by atoms with Crippen molar-refractivity contribution in [2.75, 3.05) is 13.1 Å². The Labute approximate surface area is 217 Å². The molecule has 0 bridgehead atoms. The third-order valence-electron chi connectivity index (χ3n) is 6.68. The standard InChI is InChI=1S/C27H39N5O5/c1-17(2)14-22(31-27(37)32-12-8-4-5-9-13-32)25(34)30-23(24(33)29-18(3)26(35)36)15-19-16-28-21-11-7-6-10-20(19)21/h6-7,10-11,16-18,22-23,28H,4-5,8-9,12-15H2,1-3H3,(H,29,33)(H,30,34)(H,31,37)(H,35,36)/t18-,22-,23-/m0/s1. The van der Waals surface area contributed by atoms with Crippen LogP contribution < -0.4 is 16.0 Å². The van der Waals surface area contributed by atoms with E-state index in [1.54, 1.807) is 11.1 Å². The Bertz CT molecular complexity index is 1090. The molecule has 0 unspecified atom stereocenters. The summed E-state index contributed by atoms with van der Waals surface area (Å²) in [5, 5.41) is 18.3. The zero-order valence-electron chi connectivity index (χ0n) is 21.9. The molecule has 5 N–H and O–H groups in total. The number of carboxylic acid groups (broad SMARTS) is 1. The van der Waals surface area contributed by atoms with Crippen LogP contribution in [0, 0.1) is 5.92 Å². The van der Waals surface area contributed by atoms with E-state index >= 15 is 0 Å². The van der Waals surface area contributed by atoms with E-state index in [1.165, 1.54) is 6.92 Å². The van der Waals surface area contributed by atoms with E-state index in [4.69, 9.17) is 0 Å². The van der Waals surface area contributed by atoms with Crippen molar-refractivity contribution in [2.45, 2.75) is 77.4 Å². The van der Waals surface area contributed by atoms with Gasteiger partial charge in [-0.15, -0.1) is 0 Å². The van der Waals surface area contributed by atoms with Gasteiger partial charge in [0.2, 0.25) is 11.8 Å². The molecule has 0 saturated carbocycles. The summed E-state index contributed by atoms with van der Waals surface area (Å²) in [5.74, 6) is -2.13. The lowest BCUT2D eigenvalue weighted by Gasteiger charge is -2.27.